The number of benzene rings is 5. The Balaban J connectivity index is 1.09. The Morgan fingerprint density at radius 1 is 0.613 bits per heavy atom. The van der Waals surface area contributed by atoms with Gasteiger partial charge in [0.25, 0.3) is 0 Å². The van der Waals surface area contributed by atoms with E-state index in [-0.39, 0.29) is 33.0 Å². The fourth-order valence-corrected chi connectivity index (χ4v) is 9.52. The molecule has 11 atom stereocenters. The van der Waals surface area contributed by atoms with E-state index < -0.39 is 113 Å². The van der Waals surface area contributed by atoms with Crippen LogP contribution < -0.4 is 5.32 Å². The zero-order valence-corrected chi connectivity index (χ0v) is 41.9. The average Bonchev–Trinajstić information content (AvgIpc) is 3.43. The molecular weight excluding hydrogens is 998 g/mol. The Kier molecular flexibility index (Phi) is 19.7. The summed E-state index contributed by atoms with van der Waals surface area (Å²) in [5.41, 5.74) is 3.17. The van der Waals surface area contributed by atoms with E-state index in [1.54, 1.807) is 146 Å². The molecule has 0 saturated carbocycles. The van der Waals surface area contributed by atoms with Gasteiger partial charge in [0.15, 0.2) is 43.2 Å². The van der Waals surface area contributed by atoms with Crippen molar-refractivity contribution in [3.8, 4) is 0 Å². The highest BCUT2D eigenvalue weighted by atomic mass is 31.2. The number of esters is 3. The van der Waals surface area contributed by atoms with Crippen molar-refractivity contribution < 1.29 is 89.8 Å². The number of fused-ring (bicyclic) bond motifs is 1. The van der Waals surface area contributed by atoms with Crippen LogP contribution >= 0.6 is 7.82 Å². The monoisotopic (exact) mass is 1060 g/mol. The van der Waals surface area contributed by atoms with Gasteiger partial charge in [0, 0.05) is 19.4 Å². The van der Waals surface area contributed by atoms with E-state index in [1.807, 2.05) is 6.07 Å². The van der Waals surface area contributed by atoms with Crippen LogP contribution in [0.3, 0.4) is 0 Å². The molecule has 0 unspecified atom stereocenters. The second-order valence-electron chi connectivity index (χ2n) is 17.5. The number of hydrogen-bond donors (Lipinski definition) is 2. The highest BCUT2D eigenvalue weighted by molar-refractivity contribution is 7.48. The van der Waals surface area contributed by atoms with E-state index in [1.165, 1.54) is 0 Å². The van der Waals surface area contributed by atoms with Crippen molar-refractivity contribution in [1.82, 2.24) is 5.32 Å². The third-order valence-electron chi connectivity index (χ3n) is 11.8. The van der Waals surface area contributed by atoms with E-state index in [9.17, 15) is 24.3 Å². The Morgan fingerprint density at radius 3 is 1.67 bits per heavy atom. The van der Waals surface area contributed by atoms with Gasteiger partial charge in [-0.05, 0) is 22.3 Å². The number of carbonyl (C=O) groups is 4. The van der Waals surface area contributed by atoms with E-state index in [2.05, 4.69) is 5.32 Å². The van der Waals surface area contributed by atoms with Crippen LogP contribution in [-0.4, -0.2) is 110 Å². The first-order chi connectivity index (χ1) is 36.4. The number of phosphoric ester groups is 1. The van der Waals surface area contributed by atoms with Crippen molar-refractivity contribution >= 4 is 31.8 Å². The van der Waals surface area contributed by atoms with Gasteiger partial charge in [0.1, 0.15) is 37.6 Å². The molecule has 1 amide bonds. The number of alkyl carbamates (subject to hydrolysis) is 1. The molecule has 0 spiro atoms. The summed E-state index contributed by atoms with van der Waals surface area (Å²) in [7, 11) is -4.83. The van der Waals surface area contributed by atoms with Gasteiger partial charge in [-0.3, -0.25) is 23.2 Å². The van der Waals surface area contributed by atoms with E-state index >= 15 is 4.57 Å². The first-order valence-corrected chi connectivity index (χ1v) is 25.6. The minimum Gasteiger partial charge on any atom is -0.459 e. The molecule has 3 aliphatic rings. The van der Waals surface area contributed by atoms with Crippen LogP contribution in [0, 0.1) is 0 Å². The van der Waals surface area contributed by atoms with Gasteiger partial charge in [-0.2, -0.15) is 0 Å². The summed E-state index contributed by atoms with van der Waals surface area (Å²) in [5.74, 6) is -2.60. The van der Waals surface area contributed by atoms with Gasteiger partial charge < -0.3 is 57.8 Å². The maximum atomic E-state index is 15.2. The van der Waals surface area contributed by atoms with Crippen LogP contribution in [0.25, 0.3) is 0 Å². The van der Waals surface area contributed by atoms with Crippen LogP contribution in [0.15, 0.2) is 152 Å². The molecule has 5 aromatic carbocycles. The van der Waals surface area contributed by atoms with Gasteiger partial charge in [-0.15, -0.1) is 0 Å². The quantitative estimate of drug-likeness (QED) is 0.0413. The van der Waals surface area contributed by atoms with Crippen molar-refractivity contribution in [1.29, 1.82) is 0 Å². The molecule has 5 aromatic rings. The molecule has 20 nitrogen and oxygen atoms in total. The fourth-order valence-electron chi connectivity index (χ4n) is 8.19. The molecule has 2 N–H and O–H groups in total. The molecule has 3 heterocycles. The third kappa shape index (κ3) is 15.8. The molecule has 398 valence electrons. The van der Waals surface area contributed by atoms with Crippen LogP contribution in [-0.2, 0) is 106 Å². The number of ether oxygens (including phenoxy) is 10. The van der Waals surface area contributed by atoms with E-state index in [0.717, 1.165) is 13.8 Å². The molecule has 21 heteroatoms. The molecular formula is C54H58NO19P. The lowest BCUT2D eigenvalue weighted by Gasteiger charge is -2.49. The molecule has 3 saturated heterocycles. The second kappa shape index (κ2) is 26.9. The second-order valence-corrected chi connectivity index (χ2v) is 19.1. The lowest BCUT2D eigenvalue weighted by molar-refractivity contribution is -0.378. The predicted molar refractivity (Wildman–Crippen MR) is 261 cm³/mol. The summed E-state index contributed by atoms with van der Waals surface area (Å²) in [4.78, 5) is 52.9. The number of aliphatic hydroxyl groups excluding tert-OH is 1. The number of amides is 1. The van der Waals surface area contributed by atoms with Crippen molar-refractivity contribution in [2.75, 3.05) is 19.8 Å². The smallest absolute Gasteiger partial charge is 0.459 e. The maximum Gasteiger partial charge on any atom is 0.476 e. The Labute approximate surface area is 432 Å². The molecule has 8 rings (SSSR count). The average molecular weight is 1060 g/mol. The van der Waals surface area contributed by atoms with Gasteiger partial charge in [0.2, 0.25) is 0 Å². The Bertz CT molecular complexity index is 2590. The third-order valence-corrected chi connectivity index (χ3v) is 13.2. The standard InChI is InChI=1S/C54H58NO19P/c1-35(56)69-47-44(72-53-48(70-36(2)57)45(58)46-43(71-53)33-64-51(73-46)41-26-16-7-17-27-41)34-65-52(49(47)74-75(61,67-30-39-22-12-5-13-23-39)68-31-40-24-14-6-15-25-40)63-32-42(50(59)62-28-37-18-8-3-9-19-37)55-54(60)66-29-38-20-10-4-11-21-38/h3-27,42-49,51-53,58H,28-34H2,1-2H3,(H,55,60)/t42-,43+,44+,45-,46-,47-,48+,49+,51-,52+,53-/m0/s1. The van der Waals surface area contributed by atoms with Crippen LogP contribution in [0.4, 0.5) is 4.79 Å². The summed E-state index contributed by atoms with van der Waals surface area (Å²) in [6.45, 7) is 0.0831. The minimum atomic E-state index is -4.83. The van der Waals surface area contributed by atoms with Crippen molar-refractivity contribution in [3.63, 3.8) is 0 Å². The maximum absolute atomic E-state index is 15.2. The number of carbonyl (C=O) groups excluding carboxylic acids is 4. The summed E-state index contributed by atoms with van der Waals surface area (Å²) in [6.07, 6.45) is -15.2. The summed E-state index contributed by atoms with van der Waals surface area (Å²) >= 11 is 0. The van der Waals surface area contributed by atoms with Crippen LogP contribution in [0.2, 0.25) is 0 Å². The lowest BCUT2D eigenvalue weighted by Crippen LogP contribution is -2.65. The van der Waals surface area contributed by atoms with Crippen LogP contribution in [0.1, 0.15) is 48.0 Å². The van der Waals surface area contributed by atoms with Crippen molar-refractivity contribution in [2.24, 2.45) is 0 Å². The number of phosphoric acid groups is 1. The first-order valence-electron chi connectivity index (χ1n) is 24.1. The molecule has 3 fully saturated rings. The summed E-state index contributed by atoms with van der Waals surface area (Å²) in [6, 6.07) is 42.6. The Morgan fingerprint density at radius 2 is 1.12 bits per heavy atom. The topological polar surface area (TPSA) is 238 Å². The zero-order chi connectivity index (χ0) is 52.6. The van der Waals surface area contributed by atoms with Crippen LogP contribution in [0.5, 0.6) is 0 Å². The van der Waals surface area contributed by atoms with Crippen molar-refractivity contribution in [2.45, 2.75) is 108 Å². The van der Waals surface area contributed by atoms with Gasteiger partial charge in [-0.1, -0.05) is 152 Å². The van der Waals surface area contributed by atoms with Gasteiger partial charge in [-0.25, -0.2) is 14.2 Å². The lowest BCUT2D eigenvalue weighted by atomic mass is 9.97. The SMILES string of the molecule is CC(=O)O[C@@H]1[C@@H](OP(=O)(OCc2ccccc2)OCc2ccccc2)[C@H](OC[C@H](NC(=O)OCc2ccccc2)C(=O)OCc2ccccc2)OC[C@H]1O[C@@H]1O[C@@H]2CO[C@H](c3ccccc3)O[C@@H]2[C@H](O)[C@H]1OC(C)=O. The molecule has 0 radical (unpaired) electrons. The summed E-state index contributed by atoms with van der Waals surface area (Å²) < 4.78 is 93.5. The normalized spacial score (nSPS) is 24.9. The molecule has 75 heavy (non-hydrogen) atoms. The molecule has 0 aliphatic carbocycles. The van der Waals surface area contributed by atoms with E-state index in [0.29, 0.717) is 27.8 Å². The first kappa shape index (κ1) is 54.9. The highest BCUT2D eigenvalue weighted by Gasteiger charge is 2.55. The molecule has 0 bridgehead atoms. The Hall–Kier alpha value is -6.39. The largest absolute Gasteiger partial charge is 0.476 e. The van der Waals surface area contributed by atoms with Gasteiger partial charge in [0.05, 0.1) is 33.0 Å². The molecule has 0 aromatic heterocycles. The molecule has 3 aliphatic heterocycles. The predicted octanol–water partition coefficient (Wildman–Crippen LogP) is 6.77. The number of hydrogen-bond acceptors (Lipinski definition) is 19. The van der Waals surface area contributed by atoms with Crippen molar-refractivity contribution in [3.05, 3.63) is 179 Å². The summed E-state index contributed by atoms with van der Waals surface area (Å²) in [5, 5.41) is 14.3. The number of aliphatic hydroxyl groups is 1. The minimum absolute atomic E-state index is 0.0897. The number of rotatable bonds is 22. The van der Waals surface area contributed by atoms with Gasteiger partial charge >= 0.3 is 31.8 Å². The fraction of sp³-hybridized carbons (Fsp3) is 0.370. The number of nitrogens with one attached hydrogen (secondary N) is 1. The van der Waals surface area contributed by atoms with E-state index in [4.69, 9.17) is 60.9 Å². The zero-order valence-electron chi connectivity index (χ0n) is 41.0. The highest BCUT2D eigenvalue weighted by Crippen LogP contribution is 2.54.